The van der Waals surface area contributed by atoms with Crippen LogP contribution in [0.5, 0.6) is 5.75 Å². The van der Waals surface area contributed by atoms with Crippen LogP contribution in [-0.2, 0) is 4.79 Å². The number of amides is 1. The summed E-state index contributed by atoms with van der Waals surface area (Å²) in [7, 11) is 0. The van der Waals surface area contributed by atoms with E-state index in [9.17, 15) is 14.7 Å². The number of rotatable bonds is 4. The molecular weight excluding hydrogens is 408 g/mol. The number of likely N-dealkylation sites (tertiary alicyclic amines) is 2. The molecule has 1 aromatic heterocycles. The maximum Gasteiger partial charge on any atom is 0.339 e. The molecule has 2 fully saturated rings. The number of hydrogen-bond donors (Lipinski definition) is 1. The summed E-state index contributed by atoms with van der Waals surface area (Å²) in [6, 6.07) is 3.72. The summed E-state index contributed by atoms with van der Waals surface area (Å²) in [6.07, 6.45) is 0.875. The zero-order chi connectivity index (χ0) is 21.6. The predicted molar refractivity (Wildman–Crippen MR) is 114 cm³/mol. The van der Waals surface area contributed by atoms with Crippen LogP contribution in [0, 0.1) is 13.8 Å². The van der Waals surface area contributed by atoms with Gasteiger partial charge in [-0.05, 0) is 45.2 Å². The number of piperidine rings is 1. The van der Waals surface area contributed by atoms with Crippen LogP contribution in [0.1, 0.15) is 30.9 Å². The van der Waals surface area contributed by atoms with Gasteiger partial charge in [-0.2, -0.15) is 0 Å². The van der Waals surface area contributed by atoms with E-state index in [1.807, 2.05) is 11.8 Å². The van der Waals surface area contributed by atoms with Crippen LogP contribution in [-0.4, -0.2) is 65.2 Å². The number of aliphatic hydroxyl groups is 1. The summed E-state index contributed by atoms with van der Waals surface area (Å²) in [5.74, 6) is 0.232. The normalized spacial score (nSPS) is 19.7. The molecule has 0 bridgehead atoms. The van der Waals surface area contributed by atoms with Gasteiger partial charge in [-0.1, -0.05) is 11.6 Å². The molecule has 2 aliphatic heterocycles. The van der Waals surface area contributed by atoms with E-state index in [1.165, 1.54) is 0 Å². The molecule has 0 aliphatic carbocycles. The third-order valence-electron chi connectivity index (χ3n) is 6.34. The van der Waals surface area contributed by atoms with Crippen molar-refractivity contribution >= 4 is 28.5 Å². The summed E-state index contributed by atoms with van der Waals surface area (Å²) in [5, 5.41) is 10.6. The lowest BCUT2D eigenvalue weighted by molar-refractivity contribution is -0.140. The number of halogens is 1. The van der Waals surface area contributed by atoms with E-state index in [1.54, 1.807) is 26.0 Å². The van der Waals surface area contributed by atoms with Crippen molar-refractivity contribution in [3.8, 4) is 5.75 Å². The fraction of sp³-hybridized carbons (Fsp3) is 0.545. The highest BCUT2D eigenvalue weighted by molar-refractivity contribution is 6.32. The molecule has 30 heavy (non-hydrogen) atoms. The lowest BCUT2D eigenvalue weighted by atomic mass is 9.98. The zero-order valence-electron chi connectivity index (χ0n) is 17.5. The van der Waals surface area contributed by atoms with Crippen LogP contribution >= 0.6 is 11.6 Å². The van der Waals surface area contributed by atoms with Gasteiger partial charge < -0.3 is 19.2 Å². The Morgan fingerprint density at radius 1 is 1.23 bits per heavy atom. The van der Waals surface area contributed by atoms with Crippen molar-refractivity contribution in [2.24, 2.45) is 0 Å². The highest BCUT2D eigenvalue weighted by atomic mass is 35.5. The third-order valence-corrected chi connectivity index (χ3v) is 6.64. The van der Waals surface area contributed by atoms with E-state index in [2.05, 4.69) is 4.90 Å². The minimum Gasteiger partial charge on any atom is -0.479 e. The summed E-state index contributed by atoms with van der Waals surface area (Å²) >= 11 is 6.39. The van der Waals surface area contributed by atoms with Gasteiger partial charge in [-0.15, -0.1) is 0 Å². The SMILES string of the molecule is Cc1c(C)c2cc(Cl)c(OC(C)C(=O)N3CCC(N4CC(O)C4)CC3)cc2oc1=O. The highest BCUT2D eigenvalue weighted by Gasteiger charge is 2.35. The van der Waals surface area contributed by atoms with Gasteiger partial charge >= 0.3 is 5.63 Å². The van der Waals surface area contributed by atoms with Crippen LogP contribution in [0.4, 0.5) is 0 Å². The van der Waals surface area contributed by atoms with Crippen molar-refractivity contribution in [2.45, 2.75) is 51.9 Å². The Morgan fingerprint density at radius 3 is 2.53 bits per heavy atom. The van der Waals surface area contributed by atoms with Gasteiger partial charge in [0.1, 0.15) is 11.3 Å². The molecule has 7 nitrogen and oxygen atoms in total. The highest BCUT2D eigenvalue weighted by Crippen LogP contribution is 2.32. The third kappa shape index (κ3) is 3.94. The average Bonchev–Trinajstić information content (AvgIpc) is 2.71. The quantitative estimate of drug-likeness (QED) is 0.744. The lowest BCUT2D eigenvalue weighted by Crippen LogP contribution is -2.58. The first-order valence-corrected chi connectivity index (χ1v) is 10.7. The van der Waals surface area contributed by atoms with Gasteiger partial charge in [0, 0.05) is 49.2 Å². The standard InChI is InChI=1S/C22H27ClN2O5/c1-12-13(2)22(28)30-19-9-20(18(23)8-17(12)19)29-14(3)21(27)24-6-4-15(5-7-24)25-10-16(26)11-25/h8-9,14-16,26H,4-7,10-11H2,1-3H3. The summed E-state index contributed by atoms with van der Waals surface area (Å²) < 4.78 is 11.2. The van der Waals surface area contributed by atoms with E-state index < -0.39 is 11.7 Å². The Bertz CT molecular complexity index is 1020. The molecule has 0 saturated carbocycles. The molecule has 4 rings (SSSR count). The van der Waals surface area contributed by atoms with Crippen LogP contribution in [0.25, 0.3) is 11.0 Å². The zero-order valence-corrected chi connectivity index (χ0v) is 18.2. The number of carbonyl (C=O) groups excluding carboxylic acids is 1. The Labute approximate surface area is 180 Å². The fourth-order valence-corrected chi connectivity index (χ4v) is 4.48. The number of β-amino-alcohol motifs (C(OH)–C–C–N with tert-alkyl or cyclic N) is 1. The predicted octanol–water partition coefficient (Wildman–Crippen LogP) is 2.50. The molecule has 0 radical (unpaired) electrons. The maximum absolute atomic E-state index is 12.9. The van der Waals surface area contributed by atoms with E-state index in [0.717, 1.165) is 36.9 Å². The largest absolute Gasteiger partial charge is 0.479 e. The van der Waals surface area contributed by atoms with Crippen molar-refractivity contribution in [1.82, 2.24) is 9.80 Å². The fourth-order valence-electron chi connectivity index (χ4n) is 4.27. The Hall–Kier alpha value is -2.09. The van der Waals surface area contributed by atoms with Gasteiger partial charge in [0.15, 0.2) is 6.10 Å². The average molecular weight is 435 g/mol. The molecule has 1 aromatic carbocycles. The number of carbonyl (C=O) groups is 1. The molecule has 162 valence electrons. The molecule has 2 saturated heterocycles. The van der Waals surface area contributed by atoms with E-state index in [4.69, 9.17) is 20.8 Å². The second-order valence-corrected chi connectivity index (χ2v) is 8.75. The monoisotopic (exact) mass is 434 g/mol. The van der Waals surface area contributed by atoms with Crippen molar-refractivity contribution in [3.05, 3.63) is 38.7 Å². The number of fused-ring (bicyclic) bond motifs is 1. The molecule has 2 aliphatic rings. The van der Waals surface area contributed by atoms with Crippen molar-refractivity contribution in [1.29, 1.82) is 0 Å². The van der Waals surface area contributed by atoms with E-state index in [-0.39, 0.29) is 12.0 Å². The molecule has 8 heteroatoms. The van der Waals surface area contributed by atoms with Crippen LogP contribution in [0.2, 0.25) is 5.02 Å². The summed E-state index contributed by atoms with van der Waals surface area (Å²) in [6.45, 7) is 8.07. The molecule has 0 spiro atoms. The smallest absolute Gasteiger partial charge is 0.339 e. The minimum atomic E-state index is -0.708. The van der Waals surface area contributed by atoms with E-state index >= 15 is 0 Å². The van der Waals surface area contributed by atoms with Crippen LogP contribution < -0.4 is 10.4 Å². The molecule has 1 amide bonds. The first-order chi connectivity index (χ1) is 14.2. The molecule has 1 N–H and O–H groups in total. The van der Waals surface area contributed by atoms with Gasteiger partial charge in [0.25, 0.3) is 5.91 Å². The minimum absolute atomic E-state index is 0.0882. The van der Waals surface area contributed by atoms with Crippen molar-refractivity contribution < 1.29 is 19.1 Å². The van der Waals surface area contributed by atoms with Crippen LogP contribution in [0.15, 0.2) is 21.3 Å². The first kappa shape index (κ1) is 21.2. The molecule has 1 unspecified atom stereocenters. The second-order valence-electron chi connectivity index (χ2n) is 8.34. The number of aliphatic hydroxyl groups excluding tert-OH is 1. The number of ether oxygens (including phenoxy) is 1. The van der Waals surface area contributed by atoms with Gasteiger partial charge in [0.05, 0.1) is 11.1 Å². The van der Waals surface area contributed by atoms with Crippen molar-refractivity contribution in [2.75, 3.05) is 26.2 Å². The molecular formula is C22H27ClN2O5. The molecule has 1 atom stereocenters. The Kier molecular flexibility index (Phi) is 5.79. The van der Waals surface area contributed by atoms with Gasteiger partial charge in [0.2, 0.25) is 0 Å². The van der Waals surface area contributed by atoms with Gasteiger partial charge in [-0.3, -0.25) is 9.69 Å². The number of aryl methyl sites for hydroxylation is 1. The first-order valence-electron chi connectivity index (χ1n) is 10.4. The maximum atomic E-state index is 12.9. The molecule has 2 aromatic rings. The summed E-state index contributed by atoms with van der Waals surface area (Å²) in [5.41, 5.74) is 1.36. The Balaban J connectivity index is 1.43. The second kappa shape index (κ2) is 8.21. The summed E-state index contributed by atoms with van der Waals surface area (Å²) in [4.78, 5) is 29.0. The van der Waals surface area contributed by atoms with E-state index in [0.29, 0.717) is 41.0 Å². The number of hydrogen-bond acceptors (Lipinski definition) is 6. The lowest BCUT2D eigenvalue weighted by Gasteiger charge is -2.45. The molecule has 3 heterocycles. The van der Waals surface area contributed by atoms with Crippen LogP contribution in [0.3, 0.4) is 0 Å². The van der Waals surface area contributed by atoms with Crippen molar-refractivity contribution in [3.63, 3.8) is 0 Å². The number of nitrogens with zero attached hydrogens (tertiary/aromatic N) is 2. The van der Waals surface area contributed by atoms with Gasteiger partial charge in [-0.25, -0.2) is 4.79 Å². The Morgan fingerprint density at radius 2 is 1.90 bits per heavy atom. The topological polar surface area (TPSA) is 83.2 Å². The number of benzene rings is 1.